The Bertz CT molecular complexity index is 700. The number of rotatable bonds is 3. The number of amides is 1. The number of hydrogen-bond donors (Lipinski definition) is 1. The molecular formula is C16H15F2N3O. The first kappa shape index (κ1) is 14.4. The van der Waals surface area contributed by atoms with Gasteiger partial charge in [0.05, 0.1) is 17.4 Å². The van der Waals surface area contributed by atoms with Gasteiger partial charge in [0.25, 0.3) is 5.91 Å². The molecule has 1 aliphatic rings. The van der Waals surface area contributed by atoms with Crippen LogP contribution in [0.5, 0.6) is 0 Å². The van der Waals surface area contributed by atoms with Crippen molar-refractivity contribution < 1.29 is 13.6 Å². The molecule has 4 nitrogen and oxygen atoms in total. The molecule has 22 heavy (non-hydrogen) atoms. The Balaban J connectivity index is 1.76. The van der Waals surface area contributed by atoms with E-state index < -0.39 is 17.5 Å². The molecule has 1 aromatic heterocycles. The van der Waals surface area contributed by atoms with Gasteiger partial charge in [-0.05, 0) is 31.0 Å². The fraction of sp³-hybridized carbons (Fsp3) is 0.250. The molecule has 0 unspecified atom stereocenters. The van der Waals surface area contributed by atoms with E-state index >= 15 is 0 Å². The van der Waals surface area contributed by atoms with Gasteiger partial charge in [0.15, 0.2) is 11.6 Å². The summed E-state index contributed by atoms with van der Waals surface area (Å²) in [4.78, 5) is 18.4. The second kappa shape index (κ2) is 6.09. The van der Waals surface area contributed by atoms with Gasteiger partial charge in [-0.25, -0.2) is 8.78 Å². The fourth-order valence-electron chi connectivity index (χ4n) is 2.48. The molecule has 1 saturated heterocycles. The van der Waals surface area contributed by atoms with Gasteiger partial charge in [0.2, 0.25) is 0 Å². The van der Waals surface area contributed by atoms with E-state index in [4.69, 9.17) is 0 Å². The molecule has 6 heteroatoms. The molecule has 114 valence electrons. The third-order valence-corrected chi connectivity index (χ3v) is 3.63. The average molecular weight is 303 g/mol. The number of halogens is 2. The van der Waals surface area contributed by atoms with Crippen molar-refractivity contribution in [2.45, 2.75) is 12.8 Å². The summed E-state index contributed by atoms with van der Waals surface area (Å²) < 4.78 is 26.0. The number of carbonyl (C=O) groups excluding carboxylic acids is 1. The standard InChI is InChI=1S/C16H15F2N3O/c17-14-4-3-12(8-15(14)18)20-16(22)11-7-13(10-19-9-11)21-5-1-2-6-21/h3-4,7-10H,1-2,5-6H2,(H,20,22). The maximum Gasteiger partial charge on any atom is 0.257 e. The first-order chi connectivity index (χ1) is 10.6. The Morgan fingerprint density at radius 3 is 2.59 bits per heavy atom. The van der Waals surface area contributed by atoms with Crippen molar-refractivity contribution >= 4 is 17.3 Å². The highest BCUT2D eigenvalue weighted by Crippen LogP contribution is 2.21. The summed E-state index contributed by atoms with van der Waals surface area (Å²) in [6, 6.07) is 5.00. The molecule has 0 spiro atoms. The molecule has 0 aliphatic carbocycles. The quantitative estimate of drug-likeness (QED) is 0.947. The number of aromatic nitrogens is 1. The normalized spacial score (nSPS) is 14.2. The number of carbonyl (C=O) groups is 1. The van der Waals surface area contributed by atoms with Crippen LogP contribution in [-0.2, 0) is 0 Å². The maximum absolute atomic E-state index is 13.2. The van der Waals surface area contributed by atoms with Gasteiger partial charge in [-0.2, -0.15) is 0 Å². The molecule has 1 aliphatic heterocycles. The molecule has 1 N–H and O–H groups in total. The Kier molecular flexibility index (Phi) is 4.00. The molecule has 0 saturated carbocycles. The topological polar surface area (TPSA) is 45.2 Å². The highest BCUT2D eigenvalue weighted by Gasteiger charge is 2.15. The van der Waals surface area contributed by atoms with E-state index in [1.54, 1.807) is 12.3 Å². The Hall–Kier alpha value is -2.50. The predicted molar refractivity (Wildman–Crippen MR) is 80.0 cm³/mol. The molecule has 2 aromatic rings. The molecule has 1 amide bonds. The van der Waals surface area contributed by atoms with Crippen LogP contribution >= 0.6 is 0 Å². The van der Waals surface area contributed by atoms with Crippen LogP contribution < -0.4 is 10.2 Å². The van der Waals surface area contributed by atoms with E-state index in [0.717, 1.165) is 43.8 Å². The smallest absolute Gasteiger partial charge is 0.257 e. The number of anilines is 2. The van der Waals surface area contributed by atoms with E-state index in [2.05, 4.69) is 15.2 Å². The van der Waals surface area contributed by atoms with E-state index in [1.807, 2.05) is 0 Å². The largest absolute Gasteiger partial charge is 0.370 e. The highest BCUT2D eigenvalue weighted by atomic mass is 19.2. The van der Waals surface area contributed by atoms with Crippen LogP contribution in [0.2, 0.25) is 0 Å². The zero-order valence-electron chi connectivity index (χ0n) is 11.9. The molecule has 0 atom stereocenters. The molecule has 1 aromatic carbocycles. The minimum atomic E-state index is -0.998. The summed E-state index contributed by atoms with van der Waals surface area (Å²) in [7, 11) is 0. The second-order valence-electron chi connectivity index (χ2n) is 5.21. The van der Waals surface area contributed by atoms with Gasteiger partial charge in [-0.3, -0.25) is 9.78 Å². The van der Waals surface area contributed by atoms with Crippen LogP contribution in [0.3, 0.4) is 0 Å². The number of nitrogens with zero attached hydrogens (tertiary/aromatic N) is 2. The molecular weight excluding hydrogens is 288 g/mol. The van der Waals surface area contributed by atoms with Gasteiger partial charge >= 0.3 is 0 Å². The Morgan fingerprint density at radius 2 is 1.86 bits per heavy atom. The summed E-state index contributed by atoms with van der Waals surface area (Å²) in [5.74, 6) is -2.35. The van der Waals surface area contributed by atoms with Crippen LogP contribution in [-0.4, -0.2) is 24.0 Å². The zero-order valence-corrected chi connectivity index (χ0v) is 11.9. The van der Waals surface area contributed by atoms with Crippen molar-refractivity contribution in [1.29, 1.82) is 0 Å². The van der Waals surface area contributed by atoms with Gasteiger partial charge < -0.3 is 10.2 Å². The highest BCUT2D eigenvalue weighted by molar-refractivity contribution is 6.04. The lowest BCUT2D eigenvalue weighted by atomic mass is 10.2. The molecule has 3 rings (SSSR count). The van der Waals surface area contributed by atoms with Crippen LogP contribution in [0.25, 0.3) is 0 Å². The molecule has 0 radical (unpaired) electrons. The minimum Gasteiger partial charge on any atom is -0.370 e. The predicted octanol–water partition coefficient (Wildman–Crippen LogP) is 3.21. The Labute approximate surface area is 126 Å². The molecule has 2 heterocycles. The van der Waals surface area contributed by atoms with Crippen molar-refractivity contribution in [3.05, 3.63) is 53.9 Å². The summed E-state index contributed by atoms with van der Waals surface area (Å²) in [5, 5.41) is 2.54. The van der Waals surface area contributed by atoms with Gasteiger partial charge in [-0.1, -0.05) is 0 Å². The van der Waals surface area contributed by atoms with Crippen molar-refractivity contribution in [2.24, 2.45) is 0 Å². The summed E-state index contributed by atoms with van der Waals surface area (Å²) >= 11 is 0. The van der Waals surface area contributed by atoms with Gasteiger partial charge in [-0.15, -0.1) is 0 Å². The molecule has 0 bridgehead atoms. The number of nitrogens with one attached hydrogen (secondary N) is 1. The first-order valence-corrected chi connectivity index (χ1v) is 7.10. The van der Waals surface area contributed by atoms with Crippen LogP contribution in [0, 0.1) is 11.6 Å². The second-order valence-corrected chi connectivity index (χ2v) is 5.21. The van der Waals surface area contributed by atoms with Crippen LogP contribution in [0.15, 0.2) is 36.7 Å². The van der Waals surface area contributed by atoms with E-state index in [-0.39, 0.29) is 5.69 Å². The monoisotopic (exact) mass is 303 g/mol. The summed E-state index contributed by atoms with van der Waals surface area (Å²) in [6.07, 6.45) is 5.44. The number of benzene rings is 1. The van der Waals surface area contributed by atoms with E-state index in [1.165, 1.54) is 12.3 Å². The third-order valence-electron chi connectivity index (χ3n) is 3.63. The van der Waals surface area contributed by atoms with E-state index in [9.17, 15) is 13.6 Å². The zero-order chi connectivity index (χ0) is 15.5. The fourth-order valence-corrected chi connectivity index (χ4v) is 2.48. The number of pyridine rings is 1. The van der Waals surface area contributed by atoms with Crippen molar-refractivity contribution in [1.82, 2.24) is 4.98 Å². The number of hydrogen-bond acceptors (Lipinski definition) is 3. The molecule has 1 fully saturated rings. The lowest BCUT2D eigenvalue weighted by molar-refractivity contribution is 0.102. The summed E-state index contributed by atoms with van der Waals surface area (Å²) in [5.41, 5.74) is 1.49. The SMILES string of the molecule is O=C(Nc1ccc(F)c(F)c1)c1cncc(N2CCCC2)c1. The van der Waals surface area contributed by atoms with Crippen molar-refractivity contribution in [2.75, 3.05) is 23.3 Å². The van der Waals surface area contributed by atoms with Crippen molar-refractivity contribution in [3.63, 3.8) is 0 Å². The average Bonchev–Trinajstić information content (AvgIpc) is 3.05. The van der Waals surface area contributed by atoms with Crippen LogP contribution in [0.4, 0.5) is 20.2 Å². The van der Waals surface area contributed by atoms with Crippen molar-refractivity contribution in [3.8, 4) is 0 Å². The van der Waals surface area contributed by atoms with Gasteiger partial charge in [0.1, 0.15) is 0 Å². The van der Waals surface area contributed by atoms with Gasteiger partial charge in [0, 0.05) is 31.0 Å². The lowest BCUT2D eigenvalue weighted by Crippen LogP contribution is -2.19. The third kappa shape index (κ3) is 3.05. The van der Waals surface area contributed by atoms with E-state index in [0.29, 0.717) is 5.56 Å². The first-order valence-electron chi connectivity index (χ1n) is 7.10. The lowest BCUT2D eigenvalue weighted by Gasteiger charge is -2.17. The maximum atomic E-state index is 13.2. The summed E-state index contributed by atoms with van der Waals surface area (Å²) in [6.45, 7) is 1.91. The minimum absolute atomic E-state index is 0.204. The Morgan fingerprint density at radius 1 is 1.09 bits per heavy atom. The van der Waals surface area contributed by atoms with Crippen LogP contribution in [0.1, 0.15) is 23.2 Å².